The van der Waals surface area contributed by atoms with Crippen LogP contribution in [0.5, 0.6) is 0 Å². The van der Waals surface area contributed by atoms with Gasteiger partial charge in [-0.3, -0.25) is 14.9 Å². The van der Waals surface area contributed by atoms with Crippen LogP contribution in [0.25, 0.3) is 15.8 Å². The third-order valence-electron chi connectivity index (χ3n) is 5.96. The van der Waals surface area contributed by atoms with Crippen molar-refractivity contribution in [3.63, 3.8) is 0 Å². The fourth-order valence-corrected chi connectivity index (χ4v) is 5.05. The number of Topliss-reactive ketones (excluding diaryl/α,β-unsaturated/α-hetero) is 1. The molecule has 0 amide bonds. The molecule has 1 aliphatic carbocycles. The van der Waals surface area contributed by atoms with Crippen molar-refractivity contribution >= 4 is 44.3 Å². The van der Waals surface area contributed by atoms with Gasteiger partial charge in [-0.15, -0.1) is 16.5 Å². The predicted octanol–water partition coefficient (Wildman–Crippen LogP) is 8.83. The lowest BCUT2D eigenvalue weighted by atomic mass is 9.71. The van der Waals surface area contributed by atoms with E-state index in [2.05, 4.69) is 28.4 Å². The number of hydrogen-bond acceptors (Lipinski definition) is 6. The van der Waals surface area contributed by atoms with Crippen LogP contribution in [0.1, 0.15) is 46.4 Å². The number of nitro groups is 1. The smallest absolute Gasteiger partial charge is 0.269 e. The van der Waals surface area contributed by atoms with Crippen molar-refractivity contribution in [2.24, 2.45) is 21.1 Å². The molecule has 0 radical (unpaired) electrons. The van der Waals surface area contributed by atoms with Gasteiger partial charge in [0.2, 0.25) is 0 Å². The van der Waals surface area contributed by atoms with Gasteiger partial charge in [-0.1, -0.05) is 59.7 Å². The van der Waals surface area contributed by atoms with E-state index in [-0.39, 0.29) is 22.3 Å². The maximum atomic E-state index is 13.5. The molecular formula is C29H29N3O3S. The summed E-state index contributed by atoms with van der Waals surface area (Å²) in [7, 11) is 0. The van der Waals surface area contributed by atoms with E-state index in [0.29, 0.717) is 11.4 Å². The lowest BCUT2D eigenvalue weighted by Gasteiger charge is -2.31. The summed E-state index contributed by atoms with van der Waals surface area (Å²) < 4.78 is 1.13. The summed E-state index contributed by atoms with van der Waals surface area (Å²) in [6.07, 6.45) is 3.87. The first-order valence-electron chi connectivity index (χ1n) is 11.7. The molecule has 0 saturated carbocycles. The summed E-state index contributed by atoms with van der Waals surface area (Å²) in [6, 6.07) is 16.2. The van der Waals surface area contributed by atoms with Crippen LogP contribution >= 0.6 is 11.3 Å². The monoisotopic (exact) mass is 499 g/mol. The molecule has 6 nitrogen and oxygen atoms in total. The number of thiophene rings is 1. The lowest BCUT2D eigenvalue weighted by Crippen LogP contribution is -2.28. The second-order valence-corrected chi connectivity index (χ2v) is 12.0. The van der Waals surface area contributed by atoms with Crippen LogP contribution in [0, 0.1) is 20.9 Å². The van der Waals surface area contributed by atoms with Crippen LogP contribution in [-0.4, -0.2) is 10.7 Å². The Kier molecular flexibility index (Phi) is 6.62. The summed E-state index contributed by atoms with van der Waals surface area (Å²) in [6.45, 7) is 12.2. The average Bonchev–Trinajstić information content (AvgIpc) is 3.22. The van der Waals surface area contributed by atoms with Gasteiger partial charge in [0.15, 0.2) is 5.78 Å². The lowest BCUT2D eigenvalue weighted by molar-refractivity contribution is -0.384. The number of hydrogen-bond donors (Lipinski definition) is 0. The minimum Gasteiger partial charge on any atom is -0.289 e. The summed E-state index contributed by atoms with van der Waals surface area (Å²) in [5.41, 5.74) is 2.74. The summed E-state index contributed by atoms with van der Waals surface area (Å²) in [5, 5.41) is 21.2. The van der Waals surface area contributed by atoms with Crippen LogP contribution in [0.3, 0.4) is 0 Å². The second-order valence-electron chi connectivity index (χ2n) is 10.9. The first-order valence-corrected chi connectivity index (χ1v) is 12.5. The van der Waals surface area contributed by atoms with E-state index >= 15 is 0 Å². The molecule has 4 rings (SSSR count). The van der Waals surface area contributed by atoms with Gasteiger partial charge in [0.25, 0.3) is 5.69 Å². The zero-order valence-electron chi connectivity index (χ0n) is 21.3. The minimum atomic E-state index is -0.442. The highest BCUT2D eigenvalue weighted by molar-refractivity contribution is 7.20. The van der Waals surface area contributed by atoms with Crippen LogP contribution in [0.4, 0.5) is 11.4 Å². The molecule has 0 unspecified atom stereocenters. The first-order chi connectivity index (χ1) is 16.8. The maximum Gasteiger partial charge on any atom is 0.269 e. The maximum absolute atomic E-state index is 13.5. The van der Waals surface area contributed by atoms with Crippen molar-refractivity contribution in [1.82, 2.24) is 0 Å². The van der Waals surface area contributed by atoms with Crippen LogP contribution in [-0.2, 0) is 4.79 Å². The number of non-ortho nitro benzene ring substituents is 1. The number of benzene rings is 2. The largest absolute Gasteiger partial charge is 0.289 e. The van der Waals surface area contributed by atoms with E-state index < -0.39 is 4.92 Å². The third kappa shape index (κ3) is 5.26. The zero-order chi connectivity index (χ0) is 26.3. The van der Waals surface area contributed by atoms with E-state index in [9.17, 15) is 14.9 Å². The fourth-order valence-electron chi connectivity index (χ4n) is 3.98. The SMILES string of the molecule is CC(C)(C)C1=CC(=C(N=Nc2ccc([N+](=O)[O-])cc2)c2cc3ccccc3s2)C=C(C(C)(C)C)C1=O. The van der Waals surface area contributed by atoms with E-state index in [1.165, 1.54) is 12.1 Å². The van der Waals surface area contributed by atoms with Gasteiger partial charge >= 0.3 is 0 Å². The van der Waals surface area contributed by atoms with Gasteiger partial charge < -0.3 is 0 Å². The Morgan fingerprint density at radius 1 is 0.889 bits per heavy atom. The number of carbonyl (C=O) groups is 1. The quantitative estimate of drug-likeness (QED) is 0.204. The van der Waals surface area contributed by atoms with Crippen LogP contribution in [0.15, 0.2) is 93.7 Å². The Balaban J connectivity index is 1.95. The van der Waals surface area contributed by atoms with Crippen molar-refractivity contribution in [3.05, 3.63) is 98.5 Å². The number of azo groups is 1. The molecule has 7 heteroatoms. The minimum absolute atomic E-state index is 0.00154. The standard InChI is InChI=1S/C29H29N3O3S/c1-28(2,3)22-15-19(16-23(27(22)33)29(4,5)6)26(25-17-18-9-7-8-10-24(18)36-25)31-30-20-11-13-21(14-12-20)32(34)35/h7-17H,1-6H3. The van der Waals surface area contributed by atoms with Crippen molar-refractivity contribution in [2.45, 2.75) is 41.5 Å². The van der Waals surface area contributed by atoms with E-state index in [4.69, 9.17) is 0 Å². The molecule has 3 aromatic rings. The highest BCUT2D eigenvalue weighted by Crippen LogP contribution is 2.42. The van der Waals surface area contributed by atoms with Crippen molar-refractivity contribution < 1.29 is 9.72 Å². The average molecular weight is 500 g/mol. The molecule has 0 spiro atoms. The molecule has 0 atom stereocenters. The number of fused-ring (bicyclic) bond motifs is 1. The molecule has 2 aromatic carbocycles. The predicted molar refractivity (Wildman–Crippen MR) is 146 cm³/mol. The fraction of sp³-hybridized carbons (Fsp3) is 0.276. The Morgan fingerprint density at radius 2 is 1.47 bits per heavy atom. The Labute approximate surface area is 214 Å². The van der Waals surface area contributed by atoms with Gasteiger partial charge in [-0.25, -0.2) is 0 Å². The molecule has 0 bridgehead atoms. The van der Waals surface area contributed by atoms with Crippen LogP contribution < -0.4 is 0 Å². The van der Waals surface area contributed by atoms with Gasteiger partial charge in [0.1, 0.15) is 5.70 Å². The highest BCUT2D eigenvalue weighted by Gasteiger charge is 2.34. The molecule has 0 N–H and O–H groups in total. The van der Waals surface area contributed by atoms with Crippen molar-refractivity contribution in [3.8, 4) is 0 Å². The number of allylic oxidation sites excluding steroid dienone is 5. The van der Waals surface area contributed by atoms with Crippen molar-refractivity contribution in [1.29, 1.82) is 0 Å². The van der Waals surface area contributed by atoms with Crippen LogP contribution in [0.2, 0.25) is 0 Å². The highest BCUT2D eigenvalue weighted by atomic mass is 32.1. The first kappa shape index (κ1) is 25.4. The zero-order valence-corrected chi connectivity index (χ0v) is 22.1. The van der Waals surface area contributed by atoms with Gasteiger partial charge in [0.05, 0.1) is 15.5 Å². The number of carbonyl (C=O) groups excluding carboxylic acids is 1. The number of ketones is 1. The Morgan fingerprint density at radius 3 is 2.00 bits per heavy atom. The number of nitro benzene ring substituents is 1. The number of rotatable bonds is 4. The normalized spacial score (nSPS) is 14.8. The van der Waals surface area contributed by atoms with E-state index in [0.717, 1.165) is 31.7 Å². The van der Waals surface area contributed by atoms with Crippen molar-refractivity contribution in [2.75, 3.05) is 0 Å². The molecule has 0 saturated heterocycles. The summed E-state index contributed by atoms with van der Waals surface area (Å²) >= 11 is 1.61. The summed E-state index contributed by atoms with van der Waals surface area (Å²) in [4.78, 5) is 25.0. The molecule has 1 heterocycles. The molecule has 184 valence electrons. The summed E-state index contributed by atoms with van der Waals surface area (Å²) in [5.74, 6) is 0.0572. The van der Waals surface area contributed by atoms with E-state index in [1.807, 2.05) is 65.8 Å². The Bertz CT molecular complexity index is 1410. The number of nitrogens with zero attached hydrogens (tertiary/aromatic N) is 3. The molecule has 0 aliphatic heterocycles. The van der Waals surface area contributed by atoms with Gasteiger partial charge in [0, 0.05) is 33.6 Å². The molecule has 1 aromatic heterocycles. The molecule has 0 fully saturated rings. The topological polar surface area (TPSA) is 84.9 Å². The molecule has 36 heavy (non-hydrogen) atoms. The second kappa shape index (κ2) is 9.39. The van der Waals surface area contributed by atoms with Gasteiger partial charge in [-0.2, -0.15) is 5.11 Å². The molecule has 1 aliphatic rings. The van der Waals surface area contributed by atoms with Gasteiger partial charge in [-0.05, 0) is 52.6 Å². The van der Waals surface area contributed by atoms with E-state index in [1.54, 1.807) is 23.5 Å². The Hall–Kier alpha value is -3.71. The third-order valence-corrected chi connectivity index (χ3v) is 7.09. The molecular weight excluding hydrogens is 470 g/mol.